The molecule has 0 radical (unpaired) electrons. The van der Waals surface area contributed by atoms with Crippen LogP contribution < -0.4 is 15.9 Å². The standard InChI is InChI=1S/C24H21NO8/c26-16-6-4-12-9-17-13(7-14(12)8-16)2-1-11-3-5-15(10-18(11)17)25-33-24-21(29)19(27)20(28)22(32-24)23(30)31/h1-5,7-10,19-22,24-25,27-29H,6H2,(H,30,31)/t19-,20-,21+,22-,24?/m0/s1. The van der Waals surface area contributed by atoms with Crippen molar-refractivity contribution in [3.63, 3.8) is 0 Å². The second-order valence-corrected chi connectivity index (χ2v) is 8.18. The topological polar surface area (TPSA) is 146 Å². The highest BCUT2D eigenvalue weighted by Crippen LogP contribution is 2.28. The van der Waals surface area contributed by atoms with E-state index in [9.17, 15) is 24.9 Å². The van der Waals surface area contributed by atoms with Crippen molar-refractivity contribution in [3.8, 4) is 0 Å². The lowest BCUT2D eigenvalue weighted by atomic mass is 9.97. The van der Waals surface area contributed by atoms with Gasteiger partial charge in [-0.05, 0) is 62.3 Å². The van der Waals surface area contributed by atoms with Crippen LogP contribution in [0.4, 0.5) is 5.69 Å². The van der Waals surface area contributed by atoms with Crippen LogP contribution in [-0.4, -0.2) is 62.9 Å². The number of carboxylic acids is 1. The number of carbonyl (C=O) groups is 2. The first-order chi connectivity index (χ1) is 15.8. The molecule has 5 rings (SSSR count). The number of nitrogens with one attached hydrogen (secondary N) is 1. The summed E-state index contributed by atoms with van der Waals surface area (Å²) in [5.41, 5.74) is 3.14. The summed E-state index contributed by atoms with van der Waals surface area (Å²) in [5, 5.41) is 44.7. The molecule has 0 amide bonds. The van der Waals surface area contributed by atoms with Gasteiger partial charge in [0.15, 0.2) is 11.9 Å². The van der Waals surface area contributed by atoms with Crippen LogP contribution in [-0.2, 0) is 19.2 Å². The van der Waals surface area contributed by atoms with Gasteiger partial charge in [0.2, 0.25) is 6.29 Å². The Morgan fingerprint density at radius 2 is 1.67 bits per heavy atom. The number of aliphatic hydroxyl groups is 3. The molecule has 0 spiro atoms. The molecule has 1 saturated heterocycles. The van der Waals surface area contributed by atoms with Gasteiger partial charge in [-0.25, -0.2) is 9.63 Å². The maximum atomic E-state index is 11.7. The van der Waals surface area contributed by atoms with Gasteiger partial charge >= 0.3 is 5.97 Å². The Hall–Kier alpha value is -3.34. The Morgan fingerprint density at radius 3 is 2.45 bits per heavy atom. The van der Waals surface area contributed by atoms with Gasteiger partial charge in [-0.3, -0.25) is 10.3 Å². The Balaban J connectivity index is 1.46. The number of aliphatic carboxylic acids is 1. The van der Waals surface area contributed by atoms with E-state index >= 15 is 0 Å². The minimum Gasteiger partial charge on any atom is -0.479 e. The third-order valence-electron chi connectivity index (χ3n) is 5.99. The van der Waals surface area contributed by atoms with Crippen LogP contribution in [0.25, 0.3) is 33.7 Å². The molecule has 3 aromatic carbocycles. The highest BCUT2D eigenvalue weighted by atomic mass is 16.8. The smallest absolute Gasteiger partial charge is 0.335 e. The van der Waals surface area contributed by atoms with E-state index in [0.29, 0.717) is 12.1 Å². The molecule has 3 aromatic rings. The second kappa shape index (κ2) is 8.22. The van der Waals surface area contributed by atoms with Gasteiger partial charge in [-0.1, -0.05) is 24.3 Å². The van der Waals surface area contributed by atoms with Gasteiger partial charge in [0.05, 0.1) is 5.69 Å². The number of ether oxygens (including phenoxy) is 1. The minimum absolute atomic E-state index is 0.0705. The van der Waals surface area contributed by atoms with Crippen LogP contribution in [0.15, 0.2) is 42.5 Å². The van der Waals surface area contributed by atoms with E-state index < -0.39 is 36.7 Å². The molecule has 170 valence electrons. The summed E-state index contributed by atoms with van der Waals surface area (Å²) in [6, 6.07) is 13.4. The van der Waals surface area contributed by atoms with Crippen LogP contribution in [0, 0.1) is 0 Å². The van der Waals surface area contributed by atoms with Crippen molar-refractivity contribution in [2.45, 2.75) is 37.1 Å². The van der Waals surface area contributed by atoms with E-state index in [2.05, 4.69) is 5.48 Å². The molecule has 0 aromatic heterocycles. The maximum absolute atomic E-state index is 11.7. The van der Waals surface area contributed by atoms with E-state index in [-0.39, 0.29) is 5.78 Å². The van der Waals surface area contributed by atoms with Crippen molar-refractivity contribution in [1.82, 2.24) is 0 Å². The van der Waals surface area contributed by atoms with Crippen LogP contribution in [0.1, 0.15) is 6.42 Å². The number of hydrogen-bond acceptors (Lipinski definition) is 8. The number of carboxylic acid groups (broad SMARTS) is 1. The van der Waals surface area contributed by atoms with Gasteiger partial charge in [0.25, 0.3) is 0 Å². The van der Waals surface area contributed by atoms with Crippen LogP contribution in [0.2, 0.25) is 0 Å². The molecule has 0 bridgehead atoms. The number of fused-ring (bicyclic) bond motifs is 4. The zero-order valence-electron chi connectivity index (χ0n) is 17.2. The Bertz CT molecular complexity index is 1400. The fourth-order valence-corrected chi connectivity index (χ4v) is 4.22. The lowest BCUT2D eigenvalue weighted by molar-refractivity contribution is -0.287. The number of rotatable bonds is 4. The summed E-state index contributed by atoms with van der Waals surface area (Å²) in [6.45, 7) is 0. The predicted molar refractivity (Wildman–Crippen MR) is 118 cm³/mol. The fourth-order valence-electron chi connectivity index (χ4n) is 4.22. The first-order valence-corrected chi connectivity index (χ1v) is 10.4. The van der Waals surface area contributed by atoms with Gasteiger partial charge < -0.3 is 25.2 Å². The van der Waals surface area contributed by atoms with Gasteiger partial charge in [-0.15, -0.1) is 0 Å². The van der Waals surface area contributed by atoms with E-state index in [1.54, 1.807) is 12.1 Å². The first-order valence-electron chi connectivity index (χ1n) is 10.4. The van der Waals surface area contributed by atoms with E-state index in [1.165, 1.54) is 0 Å². The van der Waals surface area contributed by atoms with Crippen molar-refractivity contribution >= 4 is 51.1 Å². The van der Waals surface area contributed by atoms with Gasteiger partial charge in [0, 0.05) is 6.42 Å². The molecule has 1 unspecified atom stereocenters. The molecule has 1 fully saturated rings. The molecule has 1 aliphatic carbocycles. The molecule has 33 heavy (non-hydrogen) atoms. The summed E-state index contributed by atoms with van der Waals surface area (Å²) in [6.07, 6.45) is -4.56. The Labute approximate surface area is 186 Å². The molecule has 2 aliphatic rings. The lowest BCUT2D eigenvalue weighted by Gasteiger charge is -2.38. The lowest BCUT2D eigenvalue weighted by Crippen LogP contribution is -2.60. The SMILES string of the molecule is O=C1C=c2cc3ccc4ccc(NOC5O[C@H](C(=O)O)[C@@H](O)[C@H](O)[C@H]5O)cc4c3cc2=CC1. The molecule has 1 aliphatic heterocycles. The van der Waals surface area contributed by atoms with Crippen LogP contribution >= 0.6 is 0 Å². The largest absolute Gasteiger partial charge is 0.479 e. The monoisotopic (exact) mass is 451 g/mol. The zero-order valence-corrected chi connectivity index (χ0v) is 17.2. The molecule has 9 heteroatoms. The van der Waals surface area contributed by atoms with Crippen molar-refractivity contribution in [2.75, 3.05) is 5.48 Å². The summed E-state index contributed by atoms with van der Waals surface area (Å²) >= 11 is 0. The predicted octanol–water partition coefficient (Wildman–Crippen LogP) is -0.238. The highest BCUT2D eigenvalue weighted by molar-refractivity contribution is 6.11. The number of Topliss-reactive ketones (excluding diaryl/α,β-unsaturated/α-hetero) is 1. The zero-order chi connectivity index (χ0) is 23.3. The van der Waals surface area contributed by atoms with E-state index in [4.69, 9.17) is 14.7 Å². The van der Waals surface area contributed by atoms with Crippen LogP contribution in [0.5, 0.6) is 0 Å². The number of aliphatic hydroxyl groups excluding tert-OH is 3. The first kappa shape index (κ1) is 21.5. The Morgan fingerprint density at radius 1 is 0.939 bits per heavy atom. The molecular formula is C24H21NO8. The summed E-state index contributed by atoms with van der Waals surface area (Å²) in [7, 11) is 0. The molecule has 9 nitrogen and oxygen atoms in total. The number of benzene rings is 3. The quantitative estimate of drug-likeness (QED) is 0.268. The molecule has 5 atom stereocenters. The summed E-state index contributed by atoms with van der Waals surface area (Å²) < 4.78 is 5.11. The number of hydrogen-bond donors (Lipinski definition) is 5. The van der Waals surface area contributed by atoms with Crippen LogP contribution in [0.3, 0.4) is 0 Å². The van der Waals surface area contributed by atoms with E-state index in [1.807, 2.05) is 42.5 Å². The average Bonchev–Trinajstić information content (AvgIpc) is 2.80. The van der Waals surface area contributed by atoms with Gasteiger partial charge in [-0.2, -0.15) is 0 Å². The minimum atomic E-state index is -1.79. The highest BCUT2D eigenvalue weighted by Gasteiger charge is 2.47. The average molecular weight is 451 g/mol. The Kier molecular flexibility index (Phi) is 5.35. The number of carbonyl (C=O) groups excluding carboxylic acids is 1. The third-order valence-corrected chi connectivity index (χ3v) is 5.99. The normalized spacial score (nSPS) is 27.0. The molecule has 1 heterocycles. The van der Waals surface area contributed by atoms with Gasteiger partial charge in [0.1, 0.15) is 18.3 Å². The van der Waals surface area contributed by atoms with Crippen molar-refractivity contribution in [1.29, 1.82) is 0 Å². The van der Waals surface area contributed by atoms with Crippen molar-refractivity contribution in [2.24, 2.45) is 0 Å². The molecular weight excluding hydrogens is 430 g/mol. The number of anilines is 1. The third kappa shape index (κ3) is 3.86. The second-order valence-electron chi connectivity index (χ2n) is 8.18. The van der Waals surface area contributed by atoms with E-state index in [0.717, 1.165) is 32.0 Å². The summed E-state index contributed by atoms with van der Waals surface area (Å²) in [4.78, 5) is 28.3. The van der Waals surface area contributed by atoms with Crippen molar-refractivity contribution < 1.29 is 39.6 Å². The number of ketones is 1. The fraction of sp³-hybridized carbons (Fsp3) is 0.250. The summed E-state index contributed by atoms with van der Waals surface area (Å²) in [5.74, 6) is -1.42. The maximum Gasteiger partial charge on any atom is 0.335 e. The molecule has 0 saturated carbocycles. The van der Waals surface area contributed by atoms with Crippen molar-refractivity contribution in [3.05, 3.63) is 52.9 Å². The molecule has 5 N–H and O–H groups in total.